The largest absolute Gasteiger partial charge is 0.361 e. The van der Waals surface area contributed by atoms with E-state index < -0.39 is 35.5 Å². The third-order valence-electron chi connectivity index (χ3n) is 9.12. The minimum atomic E-state index is -2.64. The van der Waals surface area contributed by atoms with Gasteiger partial charge in [0.25, 0.3) is 5.91 Å². The van der Waals surface area contributed by atoms with Crippen LogP contribution in [0.3, 0.4) is 0 Å². The lowest BCUT2D eigenvalue weighted by molar-refractivity contribution is -0.232. The minimum absolute atomic E-state index is 0.0740. The van der Waals surface area contributed by atoms with E-state index in [-0.39, 0.29) is 55.1 Å². The quantitative estimate of drug-likeness (QED) is 0.169. The van der Waals surface area contributed by atoms with Gasteiger partial charge in [0.15, 0.2) is 17.6 Å². The first-order chi connectivity index (χ1) is 18.4. The Hall–Kier alpha value is -3.71. The Morgan fingerprint density at radius 1 is 1.13 bits per heavy atom. The smallest absolute Gasteiger partial charge is 0.252 e. The van der Waals surface area contributed by atoms with Gasteiger partial charge in [0, 0.05) is 24.9 Å². The highest BCUT2D eigenvalue weighted by Crippen LogP contribution is 2.43. The molecule has 4 atom stereocenters. The number of carbonyl (C=O) groups excluding carboxylic acids is 3. The van der Waals surface area contributed by atoms with Crippen molar-refractivity contribution in [3.63, 3.8) is 0 Å². The average molecular weight is 539 g/mol. The van der Waals surface area contributed by atoms with Crippen molar-refractivity contribution in [2.75, 3.05) is 13.1 Å². The van der Waals surface area contributed by atoms with E-state index in [0.29, 0.717) is 5.56 Å². The number of nitrogens with zero attached hydrogens (tertiary/aromatic N) is 2. The summed E-state index contributed by atoms with van der Waals surface area (Å²) in [4.78, 5) is 40.7. The maximum atomic E-state index is 13.6. The van der Waals surface area contributed by atoms with Gasteiger partial charge in [-0.25, -0.2) is 0 Å². The van der Waals surface area contributed by atoms with Gasteiger partial charge in [0.2, 0.25) is 17.6 Å². The molecule has 1 aliphatic carbocycles. The van der Waals surface area contributed by atoms with Gasteiger partial charge in [-0.3, -0.25) is 30.1 Å². The number of likely N-dealkylation sites (tertiary alicyclic amines) is 1. The standard InChI is InChI=1S/C26H34N8O5/c1-24(2)10-4-6-13-14(5-3-7-15(13)24)21(37)30-17-12-34-23(28)29-16(11-33-18(35)8-9-19(33)36)20-25(34,26(17,38)39)32-22(27)31-20/h3,5,7,16-17,20,38-39H,4,6,8-12H2,1-2H3,(H2,28,29)(H,30,37)(H3,27,31,32)/t16-,17-,20?,25?/m0/s1. The van der Waals surface area contributed by atoms with Crippen LogP contribution in [-0.2, 0) is 21.4 Å². The van der Waals surface area contributed by atoms with Crippen LogP contribution in [0.2, 0.25) is 0 Å². The molecule has 0 aromatic heterocycles. The summed E-state index contributed by atoms with van der Waals surface area (Å²) in [5, 5.41) is 51.8. The van der Waals surface area contributed by atoms with Crippen molar-refractivity contribution in [1.82, 2.24) is 31.1 Å². The zero-order chi connectivity index (χ0) is 27.9. The number of amides is 3. The SMILES string of the molecule is CC1(C)CCCc2c(C(=O)N[C@H]3CN4C(=N)N[C@@H](CN5C(=O)CCC5=O)C5NC(=N)NC54C3(O)O)cccc21. The highest BCUT2D eigenvalue weighted by Gasteiger charge is 2.74. The molecule has 1 aromatic carbocycles. The van der Waals surface area contributed by atoms with Gasteiger partial charge < -0.3 is 36.4 Å². The van der Waals surface area contributed by atoms with Gasteiger partial charge >= 0.3 is 0 Å². The van der Waals surface area contributed by atoms with Crippen molar-refractivity contribution >= 4 is 29.6 Å². The molecule has 5 aliphatic rings. The Morgan fingerprint density at radius 3 is 2.56 bits per heavy atom. The second-order valence-corrected chi connectivity index (χ2v) is 11.8. The predicted octanol–water partition coefficient (Wildman–Crippen LogP) is -1.36. The summed E-state index contributed by atoms with van der Waals surface area (Å²) >= 11 is 0. The van der Waals surface area contributed by atoms with Crippen LogP contribution < -0.4 is 21.3 Å². The molecule has 1 spiro atoms. The highest BCUT2D eigenvalue weighted by molar-refractivity contribution is 6.02. The van der Waals surface area contributed by atoms with Crippen molar-refractivity contribution in [2.24, 2.45) is 0 Å². The number of hydrogen-bond donors (Lipinski definition) is 8. The molecule has 4 aliphatic heterocycles. The fourth-order valence-corrected chi connectivity index (χ4v) is 7.14. The van der Waals surface area contributed by atoms with E-state index in [0.717, 1.165) is 35.3 Å². The first-order valence-electron chi connectivity index (χ1n) is 13.3. The molecule has 2 unspecified atom stereocenters. The van der Waals surface area contributed by atoms with E-state index in [2.05, 4.69) is 35.1 Å². The topological polar surface area (TPSA) is 194 Å². The molecule has 0 bridgehead atoms. The van der Waals surface area contributed by atoms with E-state index in [4.69, 9.17) is 10.8 Å². The Bertz CT molecular complexity index is 1300. The Morgan fingerprint density at radius 2 is 1.85 bits per heavy atom. The fraction of sp³-hybridized carbons (Fsp3) is 0.577. The Labute approximate surface area is 225 Å². The van der Waals surface area contributed by atoms with Gasteiger partial charge in [-0.15, -0.1) is 0 Å². The molecule has 4 fully saturated rings. The maximum absolute atomic E-state index is 13.6. The number of imide groups is 1. The summed E-state index contributed by atoms with van der Waals surface area (Å²) in [5.74, 6) is -4.14. The number of guanidine groups is 2. The highest BCUT2D eigenvalue weighted by atomic mass is 16.5. The molecule has 208 valence electrons. The molecule has 1 aromatic rings. The maximum Gasteiger partial charge on any atom is 0.252 e. The second kappa shape index (κ2) is 8.39. The van der Waals surface area contributed by atoms with Crippen molar-refractivity contribution < 1.29 is 24.6 Å². The lowest BCUT2D eigenvalue weighted by Crippen LogP contribution is -2.81. The Kier molecular flexibility index (Phi) is 5.50. The molecule has 6 rings (SSSR count). The van der Waals surface area contributed by atoms with Gasteiger partial charge in [0.1, 0.15) is 6.04 Å². The van der Waals surface area contributed by atoms with Crippen molar-refractivity contribution in [1.29, 1.82) is 10.8 Å². The van der Waals surface area contributed by atoms with Crippen LogP contribution in [0.1, 0.15) is 61.0 Å². The lowest BCUT2D eigenvalue weighted by atomic mass is 9.71. The molecule has 3 amide bonds. The van der Waals surface area contributed by atoms with E-state index in [1.807, 2.05) is 12.1 Å². The second-order valence-electron chi connectivity index (χ2n) is 11.8. The predicted molar refractivity (Wildman–Crippen MR) is 139 cm³/mol. The number of carbonyl (C=O) groups is 3. The van der Waals surface area contributed by atoms with Crippen molar-refractivity contribution in [3.8, 4) is 0 Å². The van der Waals surface area contributed by atoms with Crippen LogP contribution in [0, 0.1) is 10.8 Å². The summed E-state index contributed by atoms with van der Waals surface area (Å²) in [6.45, 7) is 4.07. The average Bonchev–Trinajstić information content (AvgIpc) is 3.46. The van der Waals surface area contributed by atoms with E-state index in [1.54, 1.807) is 6.07 Å². The number of hydrogen-bond acceptors (Lipinski definition) is 7. The molecular formula is C26H34N8O5. The zero-order valence-electron chi connectivity index (χ0n) is 21.9. The first kappa shape index (κ1) is 25.6. The number of nitrogens with one attached hydrogen (secondary N) is 6. The van der Waals surface area contributed by atoms with Gasteiger partial charge in [-0.2, -0.15) is 0 Å². The lowest BCUT2D eigenvalue weighted by Gasteiger charge is -2.51. The summed E-state index contributed by atoms with van der Waals surface area (Å²) in [6.07, 6.45) is 2.91. The molecule has 13 heteroatoms. The molecule has 0 saturated carbocycles. The van der Waals surface area contributed by atoms with E-state index in [1.165, 1.54) is 4.90 Å². The van der Waals surface area contributed by atoms with Crippen molar-refractivity contribution in [2.45, 2.75) is 80.9 Å². The molecule has 4 saturated heterocycles. The van der Waals surface area contributed by atoms with Crippen LogP contribution in [0.15, 0.2) is 18.2 Å². The monoisotopic (exact) mass is 538 g/mol. The van der Waals surface area contributed by atoms with Gasteiger partial charge in [-0.05, 0) is 41.9 Å². The van der Waals surface area contributed by atoms with Crippen LogP contribution in [0.5, 0.6) is 0 Å². The molecule has 4 heterocycles. The number of benzene rings is 1. The van der Waals surface area contributed by atoms with Gasteiger partial charge in [0.05, 0.1) is 18.6 Å². The van der Waals surface area contributed by atoms with Crippen molar-refractivity contribution in [3.05, 3.63) is 34.9 Å². The third kappa shape index (κ3) is 3.55. The van der Waals surface area contributed by atoms with Crippen LogP contribution in [0.4, 0.5) is 0 Å². The summed E-state index contributed by atoms with van der Waals surface area (Å²) in [5.41, 5.74) is 0.667. The number of aliphatic hydroxyl groups is 2. The normalized spacial score (nSPS) is 32.2. The van der Waals surface area contributed by atoms with E-state index in [9.17, 15) is 24.6 Å². The molecule has 8 N–H and O–H groups in total. The van der Waals surface area contributed by atoms with Crippen LogP contribution in [0.25, 0.3) is 0 Å². The zero-order valence-corrected chi connectivity index (χ0v) is 21.9. The summed E-state index contributed by atoms with van der Waals surface area (Å²) < 4.78 is 0. The Balaban J connectivity index is 1.31. The van der Waals surface area contributed by atoms with E-state index >= 15 is 0 Å². The first-order valence-corrected chi connectivity index (χ1v) is 13.3. The number of rotatable bonds is 4. The molecular weight excluding hydrogens is 504 g/mol. The molecule has 13 nitrogen and oxygen atoms in total. The third-order valence-corrected chi connectivity index (χ3v) is 9.12. The molecule has 39 heavy (non-hydrogen) atoms. The van der Waals surface area contributed by atoms with Crippen LogP contribution >= 0.6 is 0 Å². The number of fused-ring (bicyclic) bond motifs is 1. The van der Waals surface area contributed by atoms with Gasteiger partial charge in [-0.1, -0.05) is 26.0 Å². The minimum Gasteiger partial charge on any atom is -0.361 e. The fourth-order valence-electron chi connectivity index (χ4n) is 7.14. The van der Waals surface area contributed by atoms with Crippen LogP contribution in [-0.4, -0.2) is 92.3 Å². The summed E-state index contributed by atoms with van der Waals surface area (Å²) in [6, 6.07) is 2.66. The summed E-state index contributed by atoms with van der Waals surface area (Å²) in [7, 11) is 0. The molecule has 0 radical (unpaired) electrons.